The zero-order valence-corrected chi connectivity index (χ0v) is 26.6. The molecule has 3 aliphatic rings. The molecule has 2 saturated heterocycles. The number of halogens is 6. The van der Waals surface area contributed by atoms with Gasteiger partial charge in [-0.3, -0.25) is 9.69 Å². The van der Waals surface area contributed by atoms with Crippen molar-refractivity contribution < 1.29 is 35.9 Å². The van der Waals surface area contributed by atoms with Crippen LogP contribution in [0.2, 0.25) is 0 Å². The fraction of sp³-hybridized carbons (Fsp3) is 0.438. The number of rotatable bonds is 8. The number of ether oxygens (including phenoxy) is 1. The van der Waals surface area contributed by atoms with E-state index in [1.54, 1.807) is 16.8 Å². The number of aromatic nitrogens is 3. The Morgan fingerprint density at radius 3 is 2.65 bits per heavy atom. The molecule has 254 valence electrons. The fourth-order valence-electron chi connectivity index (χ4n) is 6.84. The highest BCUT2D eigenvalue weighted by atomic mass is 32.1. The van der Waals surface area contributed by atoms with Gasteiger partial charge in [-0.2, -0.15) is 23.1 Å². The van der Waals surface area contributed by atoms with Crippen LogP contribution in [-0.2, 0) is 11.0 Å². The standard InChI is InChI=1S/C32H31F6N7O2S/c1-3-23(46)44-9-8-17(13-44)43(2)29-20-11-21(32(36,37)38)24(19-6-7-22(34)28-27(19)40-30(39)48-28)25(35)26(20)41-31(42-29)47-14-18-10-15(33)12-45(18)16-4-5-16/h3,6-7,11,15-18H,1,4-5,8-10,12-14H2,2H3,(H2,39,40)/t15-,17-,18+/m1/s1. The van der Waals surface area contributed by atoms with Gasteiger partial charge in [0.15, 0.2) is 10.9 Å². The quantitative estimate of drug-likeness (QED) is 0.179. The summed E-state index contributed by atoms with van der Waals surface area (Å²) in [6.07, 6.45) is -2.32. The highest BCUT2D eigenvalue weighted by Crippen LogP contribution is 2.46. The number of amides is 1. The van der Waals surface area contributed by atoms with E-state index in [2.05, 4.69) is 21.5 Å². The van der Waals surface area contributed by atoms with Gasteiger partial charge in [0.2, 0.25) is 5.91 Å². The molecule has 0 radical (unpaired) electrons. The molecular weight excluding hydrogens is 660 g/mol. The molecular formula is C32H31F6N7O2S. The minimum absolute atomic E-state index is 0.0115. The minimum Gasteiger partial charge on any atom is -0.462 e. The molecule has 9 nitrogen and oxygen atoms in total. The fourth-order valence-corrected chi connectivity index (χ4v) is 7.60. The first-order chi connectivity index (χ1) is 22.8. The number of nitrogens with zero attached hydrogens (tertiary/aromatic N) is 6. The number of hydrogen-bond donors (Lipinski definition) is 1. The van der Waals surface area contributed by atoms with E-state index in [9.17, 15) is 26.7 Å². The first-order valence-electron chi connectivity index (χ1n) is 15.5. The predicted octanol–water partition coefficient (Wildman–Crippen LogP) is 5.96. The number of anilines is 2. The molecule has 2 N–H and O–H groups in total. The number of fused-ring (bicyclic) bond motifs is 2. The van der Waals surface area contributed by atoms with Gasteiger partial charge in [-0.1, -0.05) is 17.9 Å². The molecule has 2 aromatic carbocycles. The number of nitrogen functional groups attached to an aromatic ring is 1. The van der Waals surface area contributed by atoms with Gasteiger partial charge in [0.25, 0.3) is 0 Å². The van der Waals surface area contributed by atoms with E-state index in [1.807, 2.05) is 4.90 Å². The van der Waals surface area contributed by atoms with Gasteiger partial charge in [0.1, 0.15) is 29.9 Å². The second kappa shape index (κ2) is 12.1. The third kappa shape index (κ3) is 5.78. The van der Waals surface area contributed by atoms with Gasteiger partial charge < -0.3 is 20.3 Å². The van der Waals surface area contributed by atoms with Gasteiger partial charge in [-0.05, 0) is 50.0 Å². The Hall–Kier alpha value is -4.18. The van der Waals surface area contributed by atoms with E-state index in [0.717, 1.165) is 42.4 Å². The van der Waals surface area contributed by atoms with Crippen molar-refractivity contribution in [2.45, 2.75) is 56.2 Å². The minimum atomic E-state index is -5.06. The summed E-state index contributed by atoms with van der Waals surface area (Å²) in [5.41, 5.74) is 2.58. The van der Waals surface area contributed by atoms with Gasteiger partial charge in [-0.15, -0.1) is 0 Å². The van der Waals surface area contributed by atoms with Crippen molar-refractivity contribution in [2.24, 2.45) is 0 Å². The van der Waals surface area contributed by atoms with Crippen LogP contribution in [0.25, 0.3) is 32.2 Å². The second-order valence-corrected chi connectivity index (χ2v) is 13.5. The topological polar surface area (TPSA) is 101 Å². The lowest BCUT2D eigenvalue weighted by atomic mass is 9.95. The Balaban J connectivity index is 1.38. The molecule has 2 aromatic heterocycles. The van der Waals surface area contributed by atoms with E-state index in [0.29, 0.717) is 13.0 Å². The summed E-state index contributed by atoms with van der Waals surface area (Å²) in [5, 5.41) is -0.344. The van der Waals surface area contributed by atoms with Crippen molar-refractivity contribution in [2.75, 3.05) is 43.9 Å². The number of alkyl halides is 4. The monoisotopic (exact) mass is 691 g/mol. The third-order valence-electron chi connectivity index (χ3n) is 9.34. The maximum absolute atomic E-state index is 16.8. The molecule has 1 aliphatic carbocycles. The molecule has 1 saturated carbocycles. The zero-order chi connectivity index (χ0) is 34.1. The zero-order valence-electron chi connectivity index (χ0n) is 25.7. The van der Waals surface area contributed by atoms with E-state index in [-0.39, 0.29) is 88.3 Å². The smallest absolute Gasteiger partial charge is 0.417 e. The summed E-state index contributed by atoms with van der Waals surface area (Å²) >= 11 is 0.733. The van der Waals surface area contributed by atoms with E-state index >= 15 is 4.39 Å². The lowest BCUT2D eigenvalue weighted by Gasteiger charge is -2.28. The van der Waals surface area contributed by atoms with Crippen molar-refractivity contribution in [3.8, 4) is 17.1 Å². The number of thiazole rings is 1. The molecule has 7 rings (SSSR count). The molecule has 0 unspecified atom stereocenters. The maximum Gasteiger partial charge on any atom is 0.417 e. The number of hydrogen-bond acceptors (Lipinski definition) is 9. The molecule has 0 bridgehead atoms. The maximum atomic E-state index is 16.8. The summed E-state index contributed by atoms with van der Waals surface area (Å²) in [4.78, 5) is 30.2. The van der Waals surface area contributed by atoms with Crippen LogP contribution < -0.4 is 15.4 Å². The number of carbonyl (C=O) groups is 1. The molecule has 3 fully saturated rings. The van der Waals surface area contributed by atoms with Gasteiger partial charge in [-0.25, -0.2) is 18.2 Å². The average Bonchev–Trinajstić information content (AvgIpc) is 3.43. The molecule has 1 amide bonds. The van der Waals surface area contributed by atoms with E-state index in [1.165, 1.54) is 6.08 Å². The van der Waals surface area contributed by atoms with Crippen molar-refractivity contribution in [1.82, 2.24) is 24.8 Å². The van der Waals surface area contributed by atoms with Crippen LogP contribution >= 0.6 is 11.3 Å². The normalized spacial score (nSPS) is 21.8. The molecule has 3 atom stereocenters. The summed E-state index contributed by atoms with van der Waals surface area (Å²) in [7, 11) is 1.60. The van der Waals surface area contributed by atoms with Crippen LogP contribution in [0, 0.1) is 11.6 Å². The van der Waals surface area contributed by atoms with E-state index < -0.39 is 40.6 Å². The largest absolute Gasteiger partial charge is 0.462 e. The average molecular weight is 692 g/mol. The van der Waals surface area contributed by atoms with E-state index in [4.69, 9.17) is 10.5 Å². The summed E-state index contributed by atoms with van der Waals surface area (Å²) < 4.78 is 96.1. The Kier molecular flexibility index (Phi) is 8.13. The predicted molar refractivity (Wildman–Crippen MR) is 170 cm³/mol. The Morgan fingerprint density at radius 2 is 1.94 bits per heavy atom. The van der Waals surface area contributed by atoms with Gasteiger partial charge in [0.05, 0.1) is 15.8 Å². The number of likely N-dealkylation sites (N-methyl/N-ethyl adjacent to an activating group) is 1. The first kappa shape index (κ1) is 32.4. The highest BCUT2D eigenvalue weighted by molar-refractivity contribution is 7.22. The first-order valence-corrected chi connectivity index (χ1v) is 16.3. The summed E-state index contributed by atoms with van der Waals surface area (Å²) in [6.45, 7) is 4.38. The molecule has 16 heteroatoms. The van der Waals surface area contributed by atoms with Crippen molar-refractivity contribution in [1.29, 1.82) is 0 Å². The van der Waals surface area contributed by atoms with Crippen LogP contribution in [-0.4, -0.2) is 88.2 Å². The molecule has 4 aromatic rings. The number of likely N-dealkylation sites (tertiary alicyclic amines) is 2. The molecule has 4 heterocycles. The van der Waals surface area contributed by atoms with Crippen molar-refractivity contribution in [3.05, 3.63) is 48.1 Å². The Morgan fingerprint density at radius 1 is 1.17 bits per heavy atom. The van der Waals surface area contributed by atoms with Gasteiger partial charge >= 0.3 is 12.2 Å². The lowest BCUT2D eigenvalue weighted by molar-refractivity contribution is -0.137. The third-order valence-corrected chi connectivity index (χ3v) is 10.2. The van der Waals surface area contributed by atoms with Crippen LogP contribution in [0.1, 0.15) is 31.2 Å². The SMILES string of the molecule is C=CC(=O)N1CC[C@@H](N(C)c2nc(OC[C@@H]3C[C@@H](F)CN3C3CC3)nc3c(F)c(-c4ccc(F)c5sc(N)nc45)c(C(F)(F)F)cc23)C1. The van der Waals surface area contributed by atoms with Crippen LogP contribution in [0.5, 0.6) is 6.01 Å². The highest BCUT2D eigenvalue weighted by Gasteiger charge is 2.42. The van der Waals surface area contributed by atoms with Crippen molar-refractivity contribution >= 4 is 49.3 Å². The lowest BCUT2D eigenvalue weighted by Crippen LogP contribution is -2.37. The summed E-state index contributed by atoms with van der Waals surface area (Å²) in [6, 6.07) is 2.03. The number of nitrogens with two attached hydrogens (primary N) is 1. The Labute approximate surface area is 275 Å². The summed E-state index contributed by atoms with van der Waals surface area (Å²) in [5.74, 6) is -2.43. The Bertz CT molecular complexity index is 1930. The van der Waals surface area contributed by atoms with Crippen LogP contribution in [0.3, 0.4) is 0 Å². The molecule has 2 aliphatic heterocycles. The molecule has 48 heavy (non-hydrogen) atoms. The molecule has 0 spiro atoms. The van der Waals surface area contributed by atoms with Gasteiger partial charge in [0, 0.05) is 61.3 Å². The van der Waals surface area contributed by atoms with Crippen LogP contribution in [0.15, 0.2) is 30.9 Å². The number of carbonyl (C=O) groups excluding carboxylic acids is 1. The number of benzene rings is 2. The second-order valence-electron chi connectivity index (χ2n) is 12.4. The van der Waals surface area contributed by atoms with Crippen molar-refractivity contribution in [3.63, 3.8) is 0 Å². The van der Waals surface area contributed by atoms with Crippen LogP contribution in [0.4, 0.5) is 37.3 Å².